The number of rotatable bonds is 17. The fraction of sp³-hybridized carbons (Fsp3) is 0.657. The molecule has 0 aromatic heterocycles. The Kier molecular flexibility index (Phi) is 49.1. The minimum Gasteiger partial charge on any atom is -0.648 e. The summed E-state index contributed by atoms with van der Waals surface area (Å²) in [7, 11) is 1.86. The summed E-state index contributed by atoms with van der Waals surface area (Å²) in [6.45, 7) is 4.78. The van der Waals surface area contributed by atoms with E-state index in [0.717, 1.165) is 61.8 Å². The number of hydrogen-bond donors (Lipinski definition) is 2. The van der Waals surface area contributed by atoms with Crippen molar-refractivity contribution in [1.29, 1.82) is 0 Å². The van der Waals surface area contributed by atoms with Crippen molar-refractivity contribution in [2.45, 2.75) is 116 Å². The van der Waals surface area contributed by atoms with E-state index in [9.17, 15) is 19.2 Å². The summed E-state index contributed by atoms with van der Waals surface area (Å²) in [4.78, 5) is 47.8. The average Bonchev–Trinajstić information content (AvgIpc) is 2.93. The molecule has 2 rings (SSSR count). The second-order valence-electron chi connectivity index (χ2n) is 9.68. The number of unbranched alkanes of at least 4 members (excludes halogenated alkanes) is 1. The zero-order valence-corrected chi connectivity index (χ0v) is 34.8. The molecule has 2 N–H and O–H groups in total. The minimum atomic E-state index is -0.360. The number of benzene rings is 1. The maximum atomic E-state index is 12.9. The summed E-state index contributed by atoms with van der Waals surface area (Å²) in [5.74, 6) is -0.0428. The van der Waals surface area contributed by atoms with Crippen molar-refractivity contribution < 1.29 is 140 Å². The molecule has 0 spiro atoms. The van der Waals surface area contributed by atoms with Gasteiger partial charge in [0.1, 0.15) is 5.78 Å². The number of ether oxygens (including phenoxy) is 1. The van der Waals surface area contributed by atoms with Gasteiger partial charge in [-0.3, -0.25) is 14.4 Å². The number of amides is 3. The van der Waals surface area contributed by atoms with Crippen molar-refractivity contribution in [2.75, 3.05) is 33.4 Å². The largest absolute Gasteiger partial charge is 1.00 e. The van der Waals surface area contributed by atoms with E-state index in [4.69, 9.17) is 4.74 Å². The van der Waals surface area contributed by atoms with Gasteiger partial charge >= 0.3 is 116 Å². The predicted molar refractivity (Wildman–Crippen MR) is 189 cm³/mol. The molecule has 1 unspecified atom stereocenters. The standard InChI is InChI=1S/C29H44N4O5.6CH4.2Rb/c1-21(22(2)34)9-6-7-16-31-29(37)32-17-8-18-38-20-27(35)33-19-23-12-14-24(15-13-23)28(36)25-10-4-5-11-26(25)30-3;;;;;;;;/h12-15,21H,4-11,16-20H2,1-3H3,(H4,30,31,32,33,35,36,37);6*1H4;;/q;;;;;;;2*+1/p-2. The predicted octanol–water partition coefficient (Wildman–Crippen LogP) is 3.03. The maximum Gasteiger partial charge on any atom is 1.00 e. The average molecular weight is 794 g/mol. The van der Waals surface area contributed by atoms with Gasteiger partial charge < -0.3 is 30.8 Å². The van der Waals surface area contributed by atoms with Crippen molar-refractivity contribution in [3.63, 3.8) is 0 Å². The van der Waals surface area contributed by atoms with Crippen LogP contribution in [-0.4, -0.2) is 56.9 Å². The molecule has 0 fully saturated rings. The molecule has 0 radical (unpaired) electrons. The number of urea groups is 1. The molecular formula is C35H66N4O5Rb2. The number of Topliss-reactive ketones (excluding diaryl/α,β-unsaturated/α-hetero) is 2. The molecule has 0 bridgehead atoms. The van der Waals surface area contributed by atoms with Gasteiger partial charge in [0, 0.05) is 36.4 Å². The quantitative estimate of drug-likeness (QED) is 0.185. The van der Waals surface area contributed by atoms with Crippen molar-refractivity contribution >= 4 is 23.5 Å². The molecule has 0 heterocycles. The topological polar surface area (TPSA) is 130 Å². The molecule has 1 aliphatic rings. The van der Waals surface area contributed by atoms with Gasteiger partial charge in [-0.1, -0.05) is 101 Å². The van der Waals surface area contributed by atoms with E-state index < -0.39 is 0 Å². The number of carbonyl (C=O) groups excluding carboxylic acids is 4. The molecule has 1 aromatic carbocycles. The van der Waals surface area contributed by atoms with Gasteiger partial charge in [0.25, 0.3) is 0 Å². The van der Waals surface area contributed by atoms with Crippen LogP contribution in [0, 0.1) is 5.92 Å². The molecule has 1 aromatic rings. The molecule has 11 heteroatoms. The van der Waals surface area contributed by atoms with E-state index in [1.54, 1.807) is 19.1 Å². The first kappa shape index (κ1) is 61.6. The van der Waals surface area contributed by atoms with Crippen molar-refractivity contribution in [2.24, 2.45) is 5.92 Å². The molecule has 0 aliphatic heterocycles. The van der Waals surface area contributed by atoms with E-state index in [2.05, 4.69) is 21.3 Å². The van der Waals surface area contributed by atoms with Crippen molar-refractivity contribution in [1.82, 2.24) is 10.6 Å². The fourth-order valence-electron chi connectivity index (χ4n) is 4.13. The Hall–Kier alpha value is 0.410. The summed E-state index contributed by atoms with van der Waals surface area (Å²) in [5.41, 5.74) is 3.39. The minimum absolute atomic E-state index is 0. The summed E-state index contributed by atoms with van der Waals surface area (Å²) in [6.07, 6.45) is 6.88. The van der Waals surface area contributed by atoms with Crippen LogP contribution in [0.4, 0.5) is 4.79 Å². The monoisotopic (exact) mass is 792 g/mol. The number of nitrogens with one attached hydrogen (secondary N) is 2. The summed E-state index contributed by atoms with van der Waals surface area (Å²) < 4.78 is 5.34. The Balaban J connectivity index is -0.000000380. The van der Waals surface area contributed by atoms with E-state index in [-0.39, 0.29) is 204 Å². The Bertz CT molecular complexity index is 972. The van der Waals surface area contributed by atoms with Crippen LogP contribution in [0.15, 0.2) is 35.5 Å². The molecule has 9 nitrogen and oxygen atoms in total. The van der Waals surface area contributed by atoms with E-state index in [1.807, 2.05) is 26.1 Å². The molecular weight excluding hydrogens is 727 g/mol. The van der Waals surface area contributed by atoms with Gasteiger partial charge in [-0.2, -0.15) is 0 Å². The van der Waals surface area contributed by atoms with Crippen molar-refractivity contribution in [3.8, 4) is 0 Å². The van der Waals surface area contributed by atoms with E-state index >= 15 is 0 Å². The summed E-state index contributed by atoms with van der Waals surface area (Å²) in [5, 5.41) is 13.8. The van der Waals surface area contributed by atoms with Crippen molar-refractivity contribution in [3.05, 3.63) is 57.3 Å². The van der Waals surface area contributed by atoms with Crippen LogP contribution in [0.5, 0.6) is 0 Å². The van der Waals surface area contributed by atoms with Crippen LogP contribution >= 0.6 is 0 Å². The Morgan fingerprint density at radius 1 is 0.870 bits per heavy atom. The number of nitrogens with zero attached hydrogens (tertiary/aromatic N) is 2. The third-order valence-corrected chi connectivity index (χ3v) is 6.66. The first-order valence-electron chi connectivity index (χ1n) is 13.6. The SMILES string of the molecule is C.C.C.C.C.C.CNC1=C(C(=O)c2ccc(C[N-]C(=O)COCCC[N-]C(=O)NCCCCC(C)C(C)=O)cc2)CCCC1.[Rb+].[Rb+]. The molecule has 1 aliphatic carbocycles. The molecule has 258 valence electrons. The van der Waals surface area contributed by atoms with Crippen LogP contribution in [0.2, 0.25) is 0 Å². The number of allylic oxidation sites excluding steroid dienone is 2. The van der Waals surface area contributed by atoms with Gasteiger partial charge in [0.2, 0.25) is 0 Å². The third kappa shape index (κ3) is 25.4. The van der Waals surface area contributed by atoms with E-state index in [1.165, 1.54) is 0 Å². The number of ketones is 2. The smallest absolute Gasteiger partial charge is 0.648 e. The zero-order valence-electron chi connectivity index (χ0n) is 25.0. The fourth-order valence-corrected chi connectivity index (χ4v) is 4.13. The normalized spacial score (nSPS) is 11.5. The molecule has 3 amide bonds. The van der Waals surface area contributed by atoms with Gasteiger partial charge in [-0.05, 0) is 52.0 Å². The number of hydrogen-bond acceptors (Lipinski definition) is 6. The van der Waals surface area contributed by atoms with Crippen LogP contribution in [0.25, 0.3) is 10.6 Å². The maximum absolute atomic E-state index is 12.9. The van der Waals surface area contributed by atoms with Gasteiger partial charge in [0.15, 0.2) is 11.8 Å². The second-order valence-corrected chi connectivity index (χ2v) is 9.68. The Morgan fingerprint density at radius 3 is 2.07 bits per heavy atom. The zero-order chi connectivity index (χ0) is 27.8. The van der Waals surface area contributed by atoms with Gasteiger partial charge in [-0.25, -0.2) is 0 Å². The first-order valence-corrected chi connectivity index (χ1v) is 13.6. The molecule has 1 atom stereocenters. The molecule has 0 saturated heterocycles. The first-order chi connectivity index (χ1) is 18.3. The number of carbonyl (C=O) groups is 4. The van der Waals surface area contributed by atoms with Crippen LogP contribution in [0.3, 0.4) is 0 Å². The van der Waals surface area contributed by atoms with Crippen LogP contribution < -0.4 is 127 Å². The molecule has 0 saturated carbocycles. The van der Waals surface area contributed by atoms with E-state index in [0.29, 0.717) is 31.7 Å². The van der Waals surface area contributed by atoms with Crippen LogP contribution in [0.1, 0.15) is 126 Å². The summed E-state index contributed by atoms with van der Waals surface area (Å²) in [6, 6.07) is 6.87. The molecule has 46 heavy (non-hydrogen) atoms. The summed E-state index contributed by atoms with van der Waals surface area (Å²) >= 11 is 0. The Morgan fingerprint density at radius 2 is 1.48 bits per heavy atom. The second kappa shape index (κ2) is 36.7. The third-order valence-electron chi connectivity index (χ3n) is 6.66. The van der Waals surface area contributed by atoms with Gasteiger partial charge in [-0.15, -0.1) is 6.54 Å². The van der Waals surface area contributed by atoms with Gasteiger partial charge in [0.05, 0.1) is 12.5 Å². The Labute approximate surface area is 381 Å². The van der Waals surface area contributed by atoms with Crippen LogP contribution in [-0.2, 0) is 20.9 Å².